The largest absolute Gasteiger partial charge is 0.444 e. The van der Waals surface area contributed by atoms with Gasteiger partial charge >= 0.3 is 6.09 Å². The summed E-state index contributed by atoms with van der Waals surface area (Å²) in [7, 11) is 0. The molecule has 0 aliphatic carbocycles. The highest BCUT2D eigenvalue weighted by atomic mass is 16.6. The number of amides is 1. The van der Waals surface area contributed by atoms with Crippen LogP contribution in [0, 0.1) is 0 Å². The molecular weight excluding hydrogens is 252 g/mol. The van der Waals surface area contributed by atoms with Crippen LogP contribution in [0.25, 0.3) is 0 Å². The summed E-state index contributed by atoms with van der Waals surface area (Å²) in [5, 5.41) is 0. The van der Waals surface area contributed by atoms with Gasteiger partial charge in [0, 0.05) is 12.6 Å². The fourth-order valence-electron chi connectivity index (χ4n) is 2.77. The molecule has 0 spiro atoms. The first kappa shape index (κ1) is 17.3. The topological polar surface area (TPSA) is 55.6 Å². The molecule has 1 aliphatic rings. The molecule has 2 unspecified atom stereocenters. The van der Waals surface area contributed by atoms with Crippen molar-refractivity contribution in [1.82, 2.24) is 4.90 Å². The molecule has 2 N–H and O–H groups in total. The highest BCUT2D eigenvalue weighted by Crippen LogP contribution is 2.23. The molecule has 1 aliphatic heterocycles. The second-order valence-corrected chi connectivity index (χ2v) is 6.90. The Bertz CT molecular complexity index is 299. The number of piperidine rings is 1. The van der Waals surface area contributed by atoms with Crippen molar-refractivity contribution in [3.05, 3.63) is 0 Å². The van der Waals surface area contributed by atoms with Gasteiger partial charge in [0.25, 0.3) is 0 Å². The number of rotatable bonds is 5. The lowest BCUT2D eigenvalue weighted by Gasteiger charge is -2.39. The third kappa shape index (κ3) is 5.70. The molecule has 0 aromatic carbocycles. The highest BCUT2D eigenvalue weighted by molar-refractivity contribution is 5.68. The third-order valence-electron chi connectivity index (χ3n) is 3.81. The van der Waals surface area contributed by atoms with Crippen molar-refractivity contribution in [2.45, 2.75) is 90.3 Å². The highest BCUT2D eigenvalue weighted by Gasteiger charge is 2.33. The van der Waals surface area contributed by atoms with Crippen LogP contribution in [-0.2, 0) is 4.74 Å². The lowest BCUT2D eigenvalue weighted by molar-refractivity contribution is 0.00612. The van der Waals surface area contributed by atoms with E-state index in [9.17, 15) is 4.79 Å². The van der Waals surface area contributed by atoms with E-state index in [4.69, 9.17) is 10.5 Å². The molecule has 0 aromatic rings. The lowest BCUT2D eigenvalue weighted by Crippen LogP contribution is -2.53. The number of ether oxygens (including phenoxy) is 1. The minimum atomic E-state index is -0.439. The molecule has 1 saturated heterocycles. The van der Waals surface area contributed by atoms with E-state index < -0.39 is 5.60 Å². The molecule has 1 amide bonds. The standard InChI is InChI=1S/C16H32N2O2/c1-5-6-7-10-13(17)14-11-8-9-12-18(14)15(19)20-16(2,3)4/h13-14H,5-12,17H2,1-4H3. The maximum Gasteiger partial charge on any atom is 0.410 e. The van der Waals surface area contributed by atoms with Gasteiger partial charge in [0.05, 0.1) is 6.04 Å². The van der Waals surface area contributed by atoms with Crippen molar-refractivity contribution >= 4 is 6.09 Å². The zero-order valence-corrected chi connectivity index (χ0v) is 13.7. The Balaban J connectivity index is 2.59. The van der Waals surface area contributed by atoms with Crippen molar-refractivity contribution in [2.24, 2.45) is 5.73 Å². The number of nitrogens with zero attached hydrogens (tertiary/aromatic N) is 1. The van der Waals surface area contributed by atoms with Crippen LogP contribution in [0.4, 0.5) is 4.79 Å². The monoisotopic (exact) mass is 284 g/mol. The van der Waals surface area contributed by atoms with Crippen LogP contribution >= 0.6 is 0 Å². The van der Waals surface area contributed by atoms with Crippen LogP contribution in [0.3, 0.4) is 0 Å². The molecule has 0 aromatic heterocycles. The summed E-state index contributed by atoms with van der Waals surface area (Å²) >= 11 is 0. The van der Waals surface area contributed by atoms with Gasteiger partial charge in [-0.25, -0.2) is 4.79 Å². The van der Waals surface area contributed by atoms with Gasteiger partial charge in [0.2, 0.25) is 0 Å². The molecule has 0 bridgehead atoms. The number of carbonyl (C=O) groups excluding carboxylic acids is 1. The maximum atomic E-state index is 12.3. The summed E-state index contributed by atoms with van der Waals surface area (Å²) in [6.45, 7) is 8.70. The number of carbonyl (C=O) groups is 1. The normalized spacial score (nSPS) is 21.6. The first-order valence-corrected chi connectivity index (χ1v) is 8.10. The van der Waals surface area contributed by atoms with Gasteiger partial charge in [-0.3, -0.25) is 0 Å². The lowest BCUT2D eigenvalue weighted by atomic mass is 9.93. The Morgan fingerprint density at radius 2 is 2.05 bits per heavy atom. The van der Waals surface area contributed by atoms with Crippen LogP contribution in [0.15, 0.2) is 0 Å². The quantitative estimate of drug-likeness (QED) is 0.783. The summed E-state index contributed by atoms with van der Waals surface area (Å²) in [6.07, 6.45) is 7.58. The predicted molar refractivity (Wildman–Crippen MR) is 82.7 cm³/mol. The van der Waals surface area contributed by atoms with Gasteiger partial charge in [-0.1, -0.05) is 26.2 Å². The van der Waals surface area contributed by atoms with Crippen molar-refractivity contribution < 1.29 is 9.53 Å². The van der Waals surface area contributed by atoms with Crippen molar-refractivity contribution in [3.63, 3.8) is 0 Å². The van der Waals surface area contributed by atoms with Crippen LogP contribution in [-0.4, -0.2) is 35.2 Å². The molecule has 4 nitrogen and oxygen atoms in total. The predicted octanol–water partition coefficient (Wildman–Crippen LogP) is 3.68. The number of unbranched alkanes of at least 4 members (excludes halogenated alkanes) is 2. The number of hydrogen-bond donors (Lipinski definition) is 1. The summed E-state index contributed by atoms with van der Waals surface area (Å²) in [4.78, 5) is 14.2. The van der Waals surface area contributed by atoms with Gasteiger partial charge in [0.15, 0.2) is 0 Å². The third-order valence-corrected chi connectivity index (χ3v) is 3.81. The van der Waals surface area contributed by atoms with Crippen molar-refractivity contribution in [1.29, 1.82) is 0 Å². The zero-order chi connectivity index (χ0) is 15.2. The van der Waals surface area contributed by atoms with Crippen LogP contribution in [0.5, 0.6) is 0 Å². The van der Waals surface area contributed by atoms with Crippen LogP contribution in [0.1, 0.15) is 72.6 Å². The van der Waals surface area contributed by atoms with E-state index in [0.29, 0.717) is 0 Å². The maximum absolute atomic E-state index is 12.3. The van der Waals surface area contributed by atoms with E-state index in [1.165, 1.54) is 12.8 Å². The Morgan fingerprint density at radius 3 is 2.65 bits per heavy atom. The molecule has 1 fully saturated rings. The Hall–Kier alpha value is -0.770. The summed E-state index contributed by atoms with van der Waals surface area (Å²) in [5.74, 6) is 0. The minimum absolute atomic E-state index is 0.0781. The molecule has 1 heterocycles. The van der Waals surface area contributed by atoms with Gasteiger partial charge in [-0.15, -0.1) is 0 Å². The average Bonchev–Trinajstić information content (AvgIpc) is 2.37. The minimum Gasteiger partial charge on any atom is -0.444 e. The molecular formula is C16H32N2O2. The zero-order valence-electron chi connectivity index (χ0n) is 13.7. The van der Waals surface area contributed by atoms with Crippen molar-refractivity contribution in [3.8, 4) is 0 Å². The smallest absolute Gasteiger partial charge is 0.410 e. The van der Waals surface area contributed by atoms with Gasteiger partial charge in [0.1, 0.15) is 5.60 Å². The van der Waals surface area contributed by atoms with E-state index >= 15 is 0 Å². The van der Waals surface area contributed by atoms with E-state index in [-0.39, 0.29) is 18.2 Å². The first-order chi connectivity index (χ1) is 9.35. The van der Waals surface area contributed by atoms with Crippen LogP contribution < -0.4 is 5.73 Å². The Labute approximate surface area is 124 Å². The fraction of sp³-hybridized carbons (Fsp3) is 0.938. The molecule has 118 valence electrons. The Morgan fingerprint density at radius 1 is 1.35 bits per heavy atom. The SMILES string of the molecule is CCCCCC(N)C1CCCCN1C(=O)OC(C)(C)C. The van der Waals surface area contributed by atoms with E-state index in [2.05, 4.69) is 6.92 Å². The number of likely N-dealkylation sites (tertiary alicyclic amines) is 1. The number of nitrogens with two attached hydrogens (primary N) is 1. The Kier molecular flexibility index (Phi) is 6.80. The molecule has 0 radical (unpaired) electrons. The average molecular weight is 284 g/mol. The van der Waals surface area contributed by atoms with Crippen molar-refractivity contribution in [2.75, 3.05) is 6.54 Å². The number of hydrogen-bond acceptors (Lipinski definition) is 3. The van der Waals surface area contributed by atoms with Gasteiger partial charge in [-0.2, -0.15) is 0 Å². The molecule has 1 rings (SSSR count). The second kappa shape index (κ2) is 7.87. The fourth-order valence-corrected chi connectivity index (χ4v) is 2.77. The summed E-state index contributed by atoms with van der Waals surface area (Å²) in [5.41, 5.74) is 5.89. The van der Waals surface area contributed by atoms with Crippen LogP contribution in [0.2, 0.25) is 0 Å². The molecule has 4 heteroatoms. The first-order valence-electron chi connectivity index (χ1n) is 8.10. The van der Waals surface area contributed by atoms with E-state index in [0.717, 1.165) is 38.6 Å². The van der Waals surface area contributed by atoms with Gasteiger partial charge < -0.3 is 15.4 Å². The molecule has 20 heavy (non-hydrogen) atoms. The molecule has 2 atom stereocenters. The summed E-state index contributed by atoms with van der Waals surface area (Å²) in [6, 6.07) is 0.227. The summed E-state index contributed by atoms with van der Waals surface area (Å²) < 4.78 is 5.51. The van der Waals surface area contributed by atoms with E-state index in [1.54, 1.807) is 0 Å². The molecule has 0 saturated carbocycles. The second-order valence-electron chi connectivity index (χ2n) is 6.90. The van der Waals surface area contributed by atoms with E-state index in [1.807, 2.05) is 25.7 Å². The van der Waals surface area contributed by atoms with Gasteiger partial charge in [-0.05, 0) is 46.5 Å².